The molecule has 0 aliphatic carbocycles. The Hall–Kier alpha value is -2.14. The van der Waals surface area contributed by atoms with Gasteiger partial charge in [-0.2, -0.15) is 0 Å². The van der Waals surface area contributed by atoms with Crippen LogP contribution in [0.2, 0.25) is 0 Å². The number of halogens is 1. The summed E-state index contributed by atoms with van der Waals surface area (Å²) in [6.07, 6.45) is 1.88. The van der Waals surface area contributed by atoms with Gasteiger partial charge in [-0.25, -0.2) is 4.39 Å². The standard InChI is InChI=1S/C20H25FN2O2/c1-14-9-18(15(2)25-14)11-22-20(24)17-6-4-8-23(13-17)12-16-5-3-7-19(21)10-16/h3,5,7,9-10,17H,4,6,8,11-13H2,1-2H3,(H,22,24). The number of carbonyl (C=O) groups excluding carboxylic acids is 1. The fraction of sp³-hybridized carbons (Fsp3) is 0.450. The van der Waals surface area contributed by atoms with Crippen LogP contribution in [0.1, 0.15) is 35.5 Å². The summed E-state index contributed by atoms with van der Waals surface area (Å²) in [5, 5.41) is 3.03. The number of hydrogen-bond donors (Lipinski definition) is 1. The lowest BCUT2D eigenvalue weighted by Gasteiger charge is -2.32. The van der Waals surface area contributed by atoms with Gasteiger partial charge < -0.3 is 9.73 Å². The van der Waals surface area contributed by atoms with Crippen LogP contribution in [0, 0.1) is 25.6 Å². The van der Waals surface area contributed by atoms with Crippen LogP contribution in [0.25, 0.3) is 0 Å². The molecule has 0 bridgehead atoms. The van der Waals surface area contributed by atoms with Crippen LogP contribution in [0.4, 0.5) is 4.39 Å². The normalized spacial score (nSPS) is 18.3. The number of hydrogen-bond acceptors (Lipinski definition) is 3. The predicted molar refractivity (Wildman–Crippen MR) is 94.4 cm³/mol. The number of rotatable bonds is 5. The van der Waals surface area contributed by atoms with E-state index in [1.54, 1.807) is 12.1 Å². The van der Waals surface area contributed by atoms with E-state index in [1.807, 2.05) is 26.0 Å². The number of likely N-dealkylation sites (tertiary alicyclic amines) is 1. The zero-order valence-corrected chi connectivity index (χ0v) is 14.8. The first-order valence-electron chi connectivity index (χ1n) is 8.81. The van der Waals surface area contributed by atoms with Crippen molar-refractivity contribution in [3.63, 3.8) is 0 Å². The average Bonchev–Trinajstić information content (AvgIpc) is 2.90. The van der Waals surface area contributed by atoms with E-state index in [0.717, 1.165) is 42.0 Å². The lowest BCUT2D eigenvalue weighted by Crippen LogP contribution is -2.42. The molecule has 1 unspecified atom stereocenters. The van der Waals surface area contributed by atoms with Crippen molar-refractivity contribution in [3.05, 3.63) is 58.8 Å². The zero-order valence-electron chi connectivity index (χ0n) is 14.8. The molecule has 1 aliphatic rings. The number of aryl methyl sites for hydroxylation is 2. The van der Waals surface area contributed by atoms with Crippen LogP contribution in [0.5, 0.6) is 0 Å². The molecule has 5 heteroatoms. The number of nitrogens with one attached hydrogen (secondary N) is 1. The quantitative estimate of drug-likeness (QED) is 0.902. The van der Waals surface area contributed by atoms with E-state index in [9.17, 15) is 9.18 Å². The molecule has 0 spiro atoms. The molecule has 134 valence electrons. The number of furan rings is 1. The summed E-state index contributed by atoms with van der Waals surface area (Å²) in [5.41, 5.74) is 1.98. The monoisotopic (exact) mass is 344 g/mol. The Bertz CT molecular complexity index is 741. The maximum absolute atomic E-state index is 13.3. The molecule has 0 saturated carbocycles. The predicted octanol–water partition coefficient (Wildman–Crippen LogP) is 3.56. The van der Waals surface area contributed by atoms with Crippen LogP contribution in [-0.2, 0) is 17.9 Å². The van der Waals surface area contributed by atoms with E-state index >= 15 is 0 Å². The van der Waals surface area contributed by atoms with E-state index in [0.29, 0.717) is 19.6 Å². The first-order valence-corrected chi connectivity index (χ1v) is 8.81. The average molecular weight is 344 g/mol. The molecule has 1 aliphatic heterocycles. The molecule has 1 N–H and O–H groups in total. The highest BCUT2D eigenvalue weighted by atomic mass is 19.1. The highest BCUT2D eigenvalue weighted by molar-refractivity contribution is 5.79. The molecule has 4 nitrogen and oxygen atoms in total. The molecular weight excluding hydrogens is 319 g/mol. The van der Waals surface area contributed by atoms with Gasteiger partial charge in [-0.15, -0.1) is 0 Å². The molecule has 1 fully saturated rings. The maximum Gasteiger partial charge on any atom is 0.224 e. The number of nitrogens with zero attached hydrogens (tertiary/aromatic N) is 1. The van der Waals surface area contributed by atoms with Crippen LogP contribution >= 0.6 is 0 Å². The zero-order chi connectivity index (χ0) is 17.8. The number of benzene rings is 1. The molecular formula is C20H25FN2O2. The Labute approximate surface area is 148 Å². The lowest BCUT2D eigenvalue weighted by molar-refractivity contribution is -0.126. The van der Waals surface area contributed by atoms with Gasteiger partial charge in [-0.1, -0.05) is 12.1 Å². The van der Waals surface area contributed by atoms with E-state index in [-0.39, 0.29) is 17.6 Å². The summed E-state index contributed by atoms with van der Waals surface area (Å²) in [5.74, 6) is 1.57. The Morgan fingerprint density at radius 1 is 1.36 bits per heavy atom. The fourth-order valence-corrected chi connectivity index (χ4v) is 3.49. The molecule has 25 heavy (non-hydrogen) atoms. The van der Waals surface area contributed by atoms with E-state index < -0.39 is 0 Å². The SMILES string of the molecule is Cc1cc(CNC(=O)C2CCCN(Cc3cccc(F)c3)C2)c(C)o1. The molecule has 0 radical (unpaired) electrons. The summed E-state index contributed by atoms with van der Waals surface area (Å²) in [6, 6.07) is 8.64. The summed E-state index contributed by atoms with van der Waals surface area (Å²) >= 11 is 0. The van der Waals surface area contributed by atoms with Crippen molar-refractivity contribution in [2.75, 3.05) is 13.1 Å². The topological polar surface area (TPSA) is 45.5 Å². The van der Waals surface area contributed by atoms with Crippen LogP contribution in [-0.4, -0.2) is 23.9 Å². The minimum Gasteiger partial charge on any atom is -0.466 e. The molecule has 2 heterocycles. The first kappa shape index (κ1) is 17.7. The van der Waals surface area contributed by atoms with Crippen LogP contribution in [0.15, 0.2) is 34.7 Å². The maximum atomic E-state index is 13.3. The second-order valence-corrected chi connectivity index (χ2v) is 6.86. The summed E-state index contributed by atoms with van der Waals surface area (Å²) in [6.45, 7) is 6.66. The summed E-state index contributed by atoms with van der Waals surface area (Å²) in [7, 11) is 0. The Balaban J connectivity index is 1.53. The Morgan fingerprint density at radius 3 is 2.92 bits per heavy atom. The highest BCUT2D eigenvalue weighted by Gasteiger charge is 2.25. The van der Waals surface area contributed by atoms with Gasteiger partial charge in [0.05, 0.1) is 5.92 Å². The van der Waals surface area contributed by atoms with Gasteiger partial charge in [0.2, 0.25) is 5.91 Å². The molecule has 1 aromatic carbocycles. The second-order valence-electron chi connectivity index (χ2n) is 6.86. The van der Waals surface area contributed by atoms with Gasteiger partial charge >= 0.3 is 0 Å². The summed E-state index contributed by atoms with van der Waals surface area (Å²) < 4.78 is 18.8. The highest BCUT2D eigenvalue weighted by Crippen LogP contribution is 2.20. The molecule has 1 saturated heterocycles. The van der Waals surface area contributed by atoms with Crippen molar-refractivity contribution in [1.82, 2.24) is 10.2 Å². The van der Waals surface area contributed by atoms with E-state index in [1.165, 1.54) is 6.07 Å². The van der Waals surface area contributed by atoms with Crippen molar-refractivity contribution >= 4 is 5.91 Å². The Kier molecular flexibility index (Phi) is 5.53. The third kappa shape index (κ3) is 4.69. The van der Waals surface area contributed by atoms with Gasteiger partial charge in [0.1, 0.15) is 17.3 Å². The first-order chi connectivity index (χ1) is 12.0. The molecule has 1 aromatic heterocycles. The third-order valence-electron chi connectivity index (χ3n) is 4.77. The molecule has 3 rings (SSSR count). The van der Waals surface area contributed by atoms with Gasteiger partial charge in [0.15, 0.2) is 0 Å². The Morgan fingerprint density at radius 2 is 2.20 bits per heavy atom. The van der Waals surface area contributed by atoms with Gasteiger partial charge in [-0.3, -0.25) is 9.69 Å². The van der Waals surface area contributed by atoms with Gasteiger partial charge in [0.25, 0.3) is 0 Å². The van der Waals surface area contributed by atoms with Crippen molar-refractivity contribution in [1.29, 1.82) is 0 Å². The molecule has 1 amide bonds. The van der Waals surface area contributed by atoms with Crippen LogP contribution < -0.4 is 5.32 Å². The van der Waals surface area contributed by atoms with E-state index in [4.69, 9.17) is 4.42 Å². The minimum absolute atomic E-state index is 0.0180. The summed E-state index contributed by atoms with van der Waals surface area (Å²) in [4.78, 5) is 14.7. The number of piperidine rings is 1. The van der Waals surface area contributed by atoms with Crippen molar-refractivity contribution in [2.24, 2.45) is 5.92 Å². The van der Waals surface area contributed by atoms with Crippen LogP contribution in [0.3, 0.4) is 0 Å². The molecule has 1 atom stereocenters. The second kappa shape index (κ2) is 7.83. The van der Waals surface area contributed by atoms with Crippen molar-refractivity contribution < 1.29 is 13.6 Å². The lowest BCUT2D eigenvalue weighted by atomic mass is 9.96. The van der Waals surface area contributed by atoms with E-state index in [2.05, 4.69) is 10.2 Å². The molecule has 2 aromatic rings. The largest absolute Gasteiger partial charge is 0.466 e. The van der Waals surface area contributed by atoms with Crippen molar-refractivity contribution in [2.45, 2.75) is 39.8 Å². The fourth-order valence-electron chi connectivity index (χ4n) is 3.49. The number of amides is 1. The minimum atomic E-state index is -0.213. The smallest absolute Gasteiger partial charge is 0.224 e. The van der Waals surface area contributed by atoms with Gasteiger partial charge in [-0.05, 0) is 57.0 Å². The van der Waals surface area contributed by atoms with Gasteiger partial charge in [0, 0.05) is 25.2 Å². The van der Waals surface area contributed by atoms with Crippen molar-refractivity contribution in [3.8, 4) is 0 Å². The third-order valence-corrected chi connectivity index (χ3v) is 4.77. The number of carbonyl (C=O) groups is 1.